The van der Waals surface area contributed by atoms with Crippen molar-refractivity contribution in [3.8, 4) is 0 Å². The topological polar surface area (TPSA) is 155 Å². The van der Waals surface area contributed by atoms with E-state index in [1.54, 1.807) is 0 Å². The molecule has 9 unspecified atom stereocenters. The molecule has 0 bridgehead atoms. The molecule has 0 aliphatic carbocycles. The second kappa shape index (κ2) is 11.2. The average Bonchev–Trinajstić information content (AvgIpc) is 3.01. The molecule has 7 N–H and O–H groups in total. The molecule has 3 rings (SSSR count). The fourth-order valence-corrected chi connectivity index (χ4v) is 5.81. The first-order valence-electron chi connectivity index (χ1n) is 12.2. The first kappa shape index (κ1) is 26.1. The standard InChI is InChI=1S/C23H40N4O6/c1-13-10-14(2)18(26(3)11-13)16(28)7-8-17-19(29)20(30)22(33-17)27-12-15(6-4-5-9-24)21(31)25-23(27)32/h12-14,16-20,22,28-30H,4-11,24H2,1-3H3,(H,25,31,32)/p+1. The zero-order chi connectivity index (χ0) is 24.3. The van der Waals surface area contributed by atoms with Crippen LogP contribution in [-0.2, 0) is 11.2 Å². The average molecular weight is 470 g/mol. The number of nitrogens with two attached hydrogens (primary N) is 1. The van der Waals surface area contributed by atoms with E-state index in [1.807, 2.05) is 0 Å². The van der Waals surface area contributed by atoms with E-state index in [0.29, 0.717) is 49.6 Å². The third-order valence-electron chi connectivity index (χ3n) is 7.34. The molecule has 0 amide bonds. The Labute approximate surface area is 194 Å². The van der Waals surface area contributed by atoms with E-state index in [-0.39, 0.29) is 6.04 Å². The number of ether oxygens (including phenoxy) is 1. The summed E-state index contributed by atoms with van der Waals surface area (Å²) in [6.07, 6.45) is 0.237. The molecule has 2 fully saturated rings. The molecule has 3 heterocycles. The third-order valence-corrected chi connectivity index (χ3v) is 7.34. The van der Waals surface area contributed by atoms with Crippen LogP contribution in [0.3, 0.4) is 0 Å². The molecule has 9 atom stereocenters. The molecular formula is C23H41N4O6+. The fraction of sp³-hybridized carbons (Fsp3) is 0.826. The monoisotopic (exact) mass is 469 g/mol. The smallest absolute Gasteiger partial charge is 0.330 e. The number of likely N-dealkylation sites (N-methyl/N-ethyl adjacent to an activating group) is 1. The Kier molecular flexibility index (Phi) is 8.88. The fourth-order valence-electron chi connectivity index (χ4n) is 5.81. The van der Waals surface area contributed by atoms with E-state index in [4.69, 9.17) is 10.5 Å². The Morgan fingerprint density at radius 2 is 2.00 bits per heavy atom. The van der Waals surface area contributed by atoms with E-state index >= 15 is 0 Å². The van der Waals surface area contributed by atoms with E-state index in [0.717, 1.165) is 24.0 Å². The highest BCUT2D eigenvalue weighted by atomic mass is 16.6. The summed E-state index contributed by atoms with van der Waals surface area (Å²) in [5.74, 6) is 1.00. The van der Waals surface area contributed by atoms with Crippen molar-refractivity contribution in [1.29, 1.82) is 0 Å². The number of hydrogen-bond donors (Lipinski definition) is 6. The quantitative estimate of drug-likeness (QED) is 0.232. The minimum absolute atomic E-state index is 0.110. The molecule has 1 aromatic rings. The van der Waals surface area contributed by atoms with Crippen LogP contribution in [-0.4, -0.2) is 75.5 Å². The highest BCUT2D eigenvalue weighted by Crippen LogP contribution is 2.32. The minimum atomic E-state index is -1.32. The summed E-state index contributed by atoms with van der Waals surface area (Å²) in [6.45, 7) is 5.92. The SMILES string of the molecule is CC1CC(C)C(C(O)CCC2OC(n3cc(CCCCN)c(=O)[nH]c3=O)C(O)C2O)[NH+](C)C1. The number of rotatable bonds is 9. The molecule has 1 aromatic heterocycles. The van der Waals surface area contributed by atoms with Gasteiger partial charge in [-0.25, -0.2) is 4.79 Å². The Balaban J connectivity index is 1.67. The number of likely N-dealkylation sites (tertiary alicyclic amines) is 1. The molecule has 2 aliphatic heterocycles. The van der Waals surface area contributed by atoms with Gasteiger partial charge in [0, 0.05) is 23.6 Å². The van der Waals surface area contributed by atoms with E-state index in [2.05, 4.69) is 25.9 Å². The van der Waals surface area contributed by atoms with Crippen LogP contribution in [0.4, 0.5) is 0 Å². The first-order chi connectivity index (χ1) is 15.6. The lowest BCUT2D eigenvalue weighted by molar-refractivity contribution is -0.923. The van der Waals surface area contributed by atoms with Gasteiger partial charge in [-0.2, -0.15) is 0 Å². The molecule has 0 saturated carbocycles. The Hall–Kier alpha value is -1.56. The largest absolute Gasteiger partial charge is 0.388 e. The maximum absolute atomic E-state index is 12.4. The lowest BCUT2D eigenvalue weighted by Gasteiger charge is -2.40. The zero-order valence-corrected chi connectivity index (χ0v) is 19.9. The van der Waals surface area contributed by atoms with Gasteiger partial charge >= 0.3 is 5.69 Å². The molecule has 0 spiro atoms. The number of aliphatic hydroxyl groups excluding tert-OH is 3. The molecular weight excluding hydrogens is 428 g/mol. The Morgan fingerprint density at radius 3 is 2.67 bits per heavy atom. The number of quaternary nitrogens is 1. The number of aliphatic hydroxyl groups is 3. The molecule has 2 aliphatic rings. The second-order valence-corrected chi connectivity index (χ2v) is 10.2. The van der Waals surface area contributed by atoms with E-state index in [1.165, 1.54) is 11.1 Å². The molecule has 2 saturated heterocycles. The summed E-state index contributed by atoms with van der Waals surface area (Å²) in [5, 5.41) is 32.1. The predicted molar refractivity (Wildman–Crippen MR) is 123 cm³/mol. The summed E-state index contributed by atoms with van der Waals surface area (Å²) in [7, 11) is 2.11. The summed E-state index contributed by atoms with van der Waals surface area (Å²) in [6, 6.07) is 0.110. The van der Waals surface area contributed by atoms with Crippen LogP contribution in [0.25, 0.3) is 0 Å². The van der Waals surface area contributed by atoms with Crippen LogP contribution in [0.2, 0.25) is 0 Å². The number of aromatic nitrogens is 2. The van der Waals surface area contributed by atoms with Crippen molar-refractivity contribution in [3.05, 3.63) is 32.6 Å². The Morgan fingerprint density at radius 1 is 1.27 bits per heavy atom. The number of nitrogens with one attached hydrogen (secondary N) is 2. The molecule has 188 valence electrons. The van der Waals surface area contributed by atoms with Crippen molar-refractivity contribution in [1.82, 2.24) is 9.55 Å². The van der Waals surface area contributed by atoms with Gasteiger partial charge in [0.2, 0.25) is 0 Å². The zero-order valence-electron chi connectivity index (χ0n) is 19.9. The lowest BCUT2D eigenvalue weighted by Crippen LogP contribution is -3.16. The minimum Gasteiger partial charge on any atom is -0.388 e. The van der Waals surface area contributed by atoms with Crippen LogP contribution < -0.4 is 21.9 Å². The maximum atomic E-state index is 12.4. The predicted octanol–water partition coefficient (Wildman–Crippen LogP) is -1.86. The summed E-state index contributed by atoms with van der Waals surface area (Å²) >= 11 is 0. The van der Waals surface area contributed by atoms with Crippen molar-refractivity contribution in [3.63, 3.8) is 0 Å². The van der Waals surface area contributed by atoms with Crippen LogP contribution in [0.15, 0.2) is 15.8 Å². The van der Waals surface area contributed by atoms with Gasteiger partial charge in [-0.3, -0.25) is 14.3 Å². The molecule has 0 radical (unpaired) electrons. The number of aromatic amines is 1. The number of unbranched alkanes of at least 4 members (excludes halogenated alkanes) is 1. The van der Waals surface area contributed by atoms with Crippen molar-refractivity contribution in [2.24, 2.45) is 17.6 Å². The number of H-pyrrole nitrogens is 1. The third kappa shape index (κ3) is 5.93. The number of piperidine rings is 1. The molecule has 0 aromatic carbocycles. The van der Waals surface area contributed by atoms with Crippen molar-refractivity contribution in [2.45, 2.75) is 89.1 Å². The summed E-state index contributed by atoms with van der Waals surface area (Å²) < 4.78 is 7.03. The maximum Gasteiger partial charge on any atom is 0.330 e. The second-order valence-electron chi connectivity index (χ2n) is 10.2. The van der Waals surface area contributed by atoms with Crippen LogP contribution >= 0.6 is 0 Å². The van der Waals surface area contributed by atoms with Crippen LogP contribution in [0.1, 0.15) is 57.7 Å². The van der Waals surface area contributed by atoms with Crippen LogP contribution in [0.5, 0.6) is 0 Å². The van der Waals surface area contributed by atoms with Crippen LogP contribution in [0, 0.1) is 11.8 Å². The Bertz CT molecular complexity index is 876. The number of hydrogen-bond acceptors (Lipinski definition) is 7. The highest BCUT2D eigenvalue weighted by molar-refractivity contribution is 5.06. The molecule has 10 heteroatoms. The van der Waals surface area contributed by atoms with Gasteiger partial charge in [-0.05, 0) is 45.1 Å². The van der Waals surface area contributed by atoms with Gasteiger partial charge in [0.25, 0.3) is 5.56 Å². The van der Waals surface area contributed by atoms with Crippen molar-refractivity contribution < 1.29 is 25.0 Å². The molecule has 33 heavy (non-hydrogen) atoms. The van der Waals surface area contributed by atoms with Gasteiger partial charge in [-0.1, -0.05) is 13.8 Å². The van der Waals surface area contributed by atoms with Gasteiger partial charge in [0.15, 0.2) is 6.23 Å². The highest BCUT2D eigenvalue weighted by Gasteiger charge is 2.45. The lowest BCUT2D eigenvalue weighted by atomic mass is 9.81. The van der Waals surface area contributed by atoms with E-state index in [9.17, 15) is 24.9 Å². The van der Waals surface area contributed by atoms with Crippen molar-refractivity contribution >= 4 is 0 Å². The van der Waals surface area contributed by atoms with Gasteiger partial charge in [0.05, 0.1) is 19.7 Å². The van der Waals surface area contributed by atoms with Crippen molar-refractivity contribution in [2.75, 3.05) is 20.1 Å². The number of nitrogens with zero attached hydrogens (tertiary/aromatic N) is 1. The van der Waals surface area contributed by atoms with Gasteiger partial charge in [0.1, 0.15) is 24.4 Å². The first-order valence-corrected chi connectivity index (χ1v) is 12.2. The summed E-state index contributed by atoms with van der Waals surface area (Å²) in [4.78, 5) is 28.1. The van der Waals surface area contributed by atoms with Gasteiger partial charge in [-0.15, -0.1) is 0 Å². The number of aryl methyl sites for hydroxylation is 1. The van der Waals surface area contributed by atoms with Gasteiger partial charge < -0.3 is 30.7 Å². The molecule has 10 nitrogen and oxygen atoms in total. The summed E-state index contributed by atoms with van der Waals surface area (Å²) in [5.41, 5.74) is 4.74. The van der Waals surface area contributed by atoms with E-state index < -0.39 is 41.9 Å². The normalized spacial score (nSPS) is 35.6.